The molecule has 0 heterocycles. The monoisotopic (exact) mass is 353 g/mol. The molecule has 0 radical (unpaired) electrons. The van der Waals surface area contributed by atoms with Crippen molar-refractivity contribution >= 4 is 11.7 Å². The summed E-state index contributed by atoms with van der Waals surface area (Å²) in [6.07, 6.45) is 0.0196. The lowest BCUT2D eigenvalue weighted by atomic mass is 10.0. The fraction of sp³-hybridized carbons (Fsp3) is 0.300. The van der Waals surface area contributed by atoms with Crippen LogP contribution in [0.25, 0.3) is 0 Å². The summed E-state index contributed by atoms with van der Waals surface area (Å²) in [5.74, 6) is -0.355. The highest BCUT2D eigenvalue weighted by Crippen LogP contribution is 2.19. The molecular weight excluding hydrogens is 330 g/mol. The van der Waals surface area contributed by atoms with Crippen LogP contribution in [-0.4, -0.2) is 30.8 Å². The Morgan fingerprint density at radius 3 is 2.62 bits per heavy atom. The highest BCUT2D eigenvalue weighted by Gasteiger charge is 2.12. The molecule has 0 spiro atoms. The molecule has 0 amide bonds. The van der Waals surface area contributed by atoms with Crippen molar-refractivity contribution in [3.05, 3.63) is 64.7 Å². The summed E-state index contributed by atoms with van der Waals surface area (Å²) in [6.45, 7) is 2.38. The first-order valence-corrected chi connectivity index (χ1v) is 8.32. The molecule has 6 heteroatoms. The van der Waals surface area contributed by atoms with E-state index in [4.69, 9.17) is 11.0 Å². The standard InChI is InChI=1S/C20H23N3O3/c1-13(9-14-3-5-15(6-4-14)20(25)26-2)23-12-19(24)16-7-8-18(22)17(10-16)11-21/h3-8,10,13,19,23-24H,9,12,22H2,1-2H3. The van der Waals surface area contributed by atoms with E-state index in [1.54, 1.807) is 30.3 Å². The van der Waals surface area contributed by atoms with Crippen molar-refractivity contribution in [2.75, 3.05) is 19.4 Å². The number of ether oxygens (including phenoxy) is 1. The second-order valence-electron chi connectivity index (χ2n) is 6.18. The van der Waals surface area contributed by atoms with Crippen molar-refractivity contribution in [3.8, 4) is 6.07 Å². The molecule has 6 nitrogen and oxygen atoms in total. The number of nitrogen functional groups attached to an aromatic ring is 1. The van der Waals surface area contributed by atoms with Crippen LogP contribution >= 0.6 is 0 Å². The molecule has 4 N–H and O–H groups in total. The van der Waals surface area contributed by atoms with Crippen LogP contribution in [0.4, 0.5) is 5.69 Å². The number of anilines is 1. The molecule has 0 aromatic heterocycles. The van der Waals surface area contributed by atoms with Gasteiger partial charge in [-0.1, -0.05) is 18.2 Å². The first-order valence-electron chi connectivity index (χ1n) is 8.32. The van der Waals surface area contributed by atoms with Crippen molar-refractivity contribution in [2.24, 2.45) is 0 Å². The van der Waals surface area contributed by atoms with E-state index in [1.807, 2.05) is 25.1 Å². The number of hydrogen-bond donors (Lipinski definition) is 3. The van der Waals surface area contributed by atoms with Crippen molar-refractivity contribution in [2.45, 2.75) is 25.5 Å². The number of nitriles is 1. The second kappa shape index (κ2) is 8.99. The second-order valence-corrected chi connectivity index (χ2v) is 6.18. The molecule has 0 aliphatic heterocycles. The van der Waals surface area contributed by atoms with E-state index >= 15 is 0 Å². The molecule has 0 aliphatic rings. The summed E-state index contributed by atoms with van der Waals surface area (Å²) in [5, 5.41) is 22.6. The van der Waals surface area contributed by atoms with Gasteiger partial charge >= 0.3 is 5.97 Å². The summed E-state index contributed by atoms with van der Waals surface area (Å²) < 4.78 is 4.68. The number of aliphatic hydroxyl groups excluding tert-OH is 1. The van der Waals surface area contributed by atoms with Crippen LogP contribution in [0.5, 0.6) is 0 Å². The van der Waals surface area contributed by atoms with Gasteiger partial charge in [0.05, 0.1) is 24.3 Å². The van der Waals surface area contributed by atoms with Gasteiger partial charge in [-0.05, 0) is 48.7 Å². The maximum absolute atomic E-state index is 11.4. The molecule has 2 unspecified atom stereocenters. The molecule has 0 fully saturated rings. The third-order valence-electron chi connectivity index (χ3n) is 4.16. The van der Waals surface area contributed by atoms with Gasteiger partial charge in [0.25, 0.3) is 0 Å². The topological polar surface area (TPSA) is 108 Å². The van der Waals surface area contributed by atoms with Gasteiger partial charge < -0.3 is 20.9 Å². The summed E-state index contributed by atoms with van der Waals surface area (Å²) in [5.41, 5.74) is 8.71. The van der Waals surface area contributed by atoms with Crippen molar-refractivity contribution in [1.82, 2.24) is 5.32 Å². The summed E-state index contributed by atoms with van der Waals surface area (Å²) >= 11 is 0. The number of methoxy groups -OCH3 is 1. The fourth-order valence-corrected chi connectivity index (χ4v) is 2.63. The van der Waals surface area contributed by atoms with E-state index in [-0.39, 0.29) is 12.0 Å². The normalized spacial score (nSPS) is 12.8. The molecular formula is C20H23N3O3. The first-order chi connectivity index (χ1) is 12.4. The number of benzene rings is 2. The molecule has 26 heavy (non-hydrogen) atoms. The van der Waals surface area contributed by atoms with E-state index in [1.165, 1.54) is 7.11 Å². The Balaban J connectivity index is 1.89. The highest BCUT2D eigenvalue weighted by molar-refractivity contribution is 5.89. The summed E-state index contributed by atoms with van der Waals surface area (Å²) in [7, 11) is 1.36. The van der Waals surface area contributed by atoms with Crippen LogP contribution in [0.3, 0.4) is 0 Å². The lowest BCUT2D eigenvalue weighted by Crippen LogP contribution is -2.32. The number of esters is 1. The maximum Gasteiger partial charge on any atom is 0.337 e. The van der Waals surface area contributed by atoms with Crippen molar-refractivity contribution in [1.29, 1.82) is 5.26 Å². The average Bonchev–Trinajstić information content (AvgIpc) is 2.66. The van der Waals surface area contributed by atoms with Gasteiger partial charge in [0, 0.05) is 18.3 Å². The van der Waals surface area contributed by atoms with Crippen molar-refractivity contribution < 1.29 is 14.6 Å². The van der Waals surface area contributed by atoms with Crippen LogP contribution in [0, 0.1) is 11.3 Å². The molecule has 0 bridgehead atoms. The molecule has 2 aromatic rings. The molecule has 2 rings (SSSR count). The number of rotatable bonds is 7. The number of nitrogens with zero attached hydrogens (tertiary/aromatic N) is 1. The van der Waals surface area contributed by atoms with Gasteiger partial charge in [-0.15, -0.1) is 0 Å². The highest BCUT2D eigenvalue weighted by atomic mass is 16.5. The number of hydrogen-bond acceptors (Lipinski definition) is 6. The molecule has 0 aliphatic carbocycles. The Hall–Kier alpha value is -2.88. The third-order valence-corrected chi connectivity index (χ3v) is 4.16. The van der Waals surface area contributed by atoms with Crippen LogP contribution < -0.4 is 11.1 Å². The predicted molar refractivity (Wildman–Crippen MR) is 99.5 cm³/mol. The predicted octanol–water partition coefficient (Wildman–Crippen LogP) is 2.18. The number of carbonyl (C=O) groups excluding carboxylic acids is 1. The Morgan fingerprint density at radius 1 is 1.31 bits per heavy atom. The van der Waals surface area contributed by atoms with Crippen LogP contribution in [0.1, 0.15) is 40.1 Å². The smallest absolute Gasteiger partial charge is 0.337 e. The third kappa shape index (κ3) is 5.06. The van der Waals surface area contributed by atoms with Gasteiger partial charge in [0.2, 0.25) is 0 Å². The van der Waals surface area contributed by atoms with Gasteiger partial charge in [-0.25, -0.2) is 4.79 Å². The molecule has 0 saturated heterocycles. The van der Waals surface area contributed by atoms with Gasteiger partial charge in [0.1, 0.15) is 6.07 Å². The SMILES string of the molecule is COC(=O)c1ccc(CC(C)NCC(O)c2ccc(N)c(C#N)c2)cc1. The largest absolute Gasteiger partial charge is 0.465 e. The molecule has 2 aromatic carbocycles. The summed E-state index contributed by atoms with van der Waals surface area (Å²) in [6, 6.07) is 14.3. The zero-order valence-corrected chi connectivity index (χ0v) is 14.9. The van der Waals surface area contributed by atoms with Gasteiger partial charge in [0.15, 0.2) is 0 Å². The lowest BCUT2D eigenvalue weighted by molar-refractivity contribution is 0.0600. The lowest BCUT2D eigenvalue weighted by Gasteiger charge is -2.18. The number of nitrogens with two attached hydrogens (primary N) is 1. The Morgan fingerprint density at radius 2 is 2.00 bits per heavy atom. The van der Waals surface area contributed by atoms with Gasteiger partial charge in [-0.3, -0.25) is 0 Å². The average molecular weight is 353 g/mol. The Kier molecular flexibility index (Phi) is 6.73. The van der Waals surface area contributed by atoms with E-state index in [2.05, 4.69) is 10.1 Å². The van der Waals surface area contributed by atoms with E-state index in [9.17, 15) is 9.90 Å². The number of aliphatic hydroxyl groups is 1. The molecule has 0 saturated carbocycles. The van der Waals surface area contributed by atoms with Gasteiger partial charge in [-0.2, -0.15) is 5.26 Å². The summed E-state index contributed by atoms with van der Waals surface area (Å²) in [4.78, 5) is 11.4. The minimum Gasteiger partial charge on any atom is -0.465 e. The maximum atomic E-state index is 11.4. The zero-order valence-electron chi connectivity index (χ0n) is 14.9. The van der Waals surface area contributed by atoms with Crippen LogP contribution in [0.15, 0.2) is 42.5 Å². The Labute approximate surface area is 153 Å². The quantitative estimate of drug-likeness (QED) is 0.520. The van der Waals surface area contributed by atoms with E-state index in [0.717, 1.165) is 12.0 Å². The van der Waals surface area contributed by atoms with Crippen LogP contribution in [0.2, 0.25) is 0 Å². The Bertz CT molecular complexity index is 797. The van der Waals surface area contributed by atoms with Crippen LogP contribution in [-0.2, 0) is 11.2 Å². The first kappa shape index (κ1) is 19.4. The number of nitrogens with one attached hydrogen (secondary N) is 1. The minimum absolute atomic E-state index is 0.123. The molecule has 136 valence electrons. The van der Waals surface area contributed by atoms with E-state index in [0.29, 0.717) is 28.9 Å². The zero-order chi connectivity index (χ0) is 19.1. The fourth-order valence-electron chi connectivity index (χ4n) is 2.63. The van der Waals surface area contributed by atoms with Crippen molar-refractivity contribution in [3.63, 3.8) is 0 Å². The van der Waals surface area contributed by atoms with E-state index < -0.39 is 6.10 Å². The minimum atomic E-state index is -0.730. The number of carbonyl (C=O) groups is 1. The molecule has 2 atom stereocenters.